The fourth-order valence-corrected chi connectivity index (χ4v) is 4.14. The summed E-state index contributed by atoms with van der Waals surface area (Å²) in [6.45, 7) is 12.7. The molecule has 1 aliphatic rings. The molecule has 0 aliphatic carbocycles. The number of benzene rings is 3. The minimum absolute atomic E-state index is 0.274. The number of phenolic OH excluding ortho intramolecular Hbond substituents is 1. The van der Waals surface area contributed by atoms with Crippen molar-refractivity contribution in [1.82, 2.24) is 0 Å². The van der Waals surface area contributed by atoms with E-state index in [4.69, 9.17) is 0 Å². The third kappa shape index (κ3) is 5.50. The van der Waals surface area contributed by atoms with Gasteiger partial charge in [-0.25, -0.2) is 0 Å². The second-order valence-electron chi connectivity index (χ2n) is 8.30. The molecule has 0 bridgehead atoms. The summed E-state index contributed by atoms with van der Waals surface area (Å²) in [5, 5.41) is 9.74. The van der Waals surface area contributed by atoms with Crippen LogP contribution < -0.4 is 4.90 Å². The fourth-order valence-electron chi connectivity index (χ4n) is 4.14. The van der Waals surface area contributed by atoms with Gasteiger partial charge in [-0.3, -0.25) is 0 Å². The van der Waals surface area contributed by atoms with Crippen LogP contribution >= 0.6 is 0 Å². The summed E-state index contributed by atoms with van der Waals surface area (Å²) in [5.74, 6) is 0.275. The molecular formula is C30H35NO. The van der Waals surface area contributed by atoms with Crippen LogP contribution in [-0.4, -0.2) is 5.11 Å². The highest BCUT2D eigenvalue weighted by atomic mass is 16.3. The minimum atomic E-state index is 0.274. The normalized spacial score (nSPS) is 14.9. The van der Waals surface area contributed by atoms with Crippen molar-refractivity contribution in [1.29, 1.82) is 0 Å². The van der Waals surface area contributed by atoms with Crippen LogP contribution in [0.5, 0.6) is 5.75 Å². The van der Waals surface area contributed by atoms with E-state index < -0.39 is 0 Å². The molecular weight excluding hydrogens is 390 g/mol. The molecule has 2 heteroatoms. The van der Waals surface area contributed by atoms with Gasteiger partial charge in [0.05, 0.1) is 6.04 Å². The molecule has 0 radical (unpaired) electrons. The Bertz CT molecular complexity index is 1030. The molecule has 4 rings (SSSR count). The maximum absolute atomic E-state index is 9.74. The predicted molar refractivity (Wildman–Crippen MR) is 139 cm³/mol. The highest BCUT2D eigenvalue weighted by Gasteiger charge is 2.34. The van der Waals surface area contributed by atoms with Crippen molar-refractivity contribution in [2.45, 2.75) is 52.0 Å². The summed E-state index contributed by atoms with van der Waals surface area (Å²) < 4.78 is 0. The van der Waals surface area contributed by atoms with Gasteiger partial charge in [-0.1, -0.05) is 101 Å². The monoisotopic (exact) mass is 425 g/mol. The topological polar surface area (TPSA) is 23.5 Å². The molecule has 0 aromatic heterocycles. The zero-order chi connectivity index (χ0) is 22.9. The van der Waals surface area contributed by atoms with Crippen molar-refractivity contribution in [3.05, 3.63) is 103 Å². The first kappa shape index (κ1) is 23.4. The summed E-state index contributed by atoms with van der Waals surface area (Å²) in [7, 11) is 0. The standard InChI is InChI=1S/C24H21NO.C6H14/c1-3-18-15-20(19-8-7-11-22(26)16-19)12-13-23(18)24-14-17(2)25(24)21-9-5-4-6-10-21;1-3-5-6-4-2/h3-13,15-16,24,26H,1-2,14H2;3-6H2,1-2H3. The first-order valence-electron chi connectivity index (χ1n) is 11.7. The van der Waals surface area contributed by atoms with Crippen LogP contribution in [0.25, 0.3) is 17.2 Å². The summed E-state index contributed by atoms with van der Waals surface area (Å²) in [5.41, 5.74) is 6.74. The summed E-state index contributed by atoms with van der Waals surface area (Å²) >= 11 is 0. The molecule has 1 N–H and O–H groups in total. The Labute approximate surface area is 193 Å². The highest BCUT2D eigenvalue weighted by Crippen LogP contribution is 2.45. The molecule has 1 atom stereocenters. The van der Waals surface area contributed by atoms with Crippen molar-refractivity contribution in [3.8, 4) is 16.9 Å². The van der Waals surface area contributed by atoms with Gasteiger partial charge in [-0.2, -0.15) is 0 Å². The zero-order valence-electron chi connectivity index (χ0n) is 19.4. The molecule has 1 fully saturated rings. The zero-order valence-corrected chi connectivity index (χ0v) is 19.4. The molecule has 1 saturated heterocycles. The SMILES string of the molecule is C=Cc1cc(-c2cccc(O)c2)ccc1C1CC(=C)N1c1ccccc1.CCCCCC. The molecule has 0 amide bonds. The third-order valence-electron chi connectivity index (χ3n) is 5.92. The van der Waals surface area contributed by atoms with Crippen LogP contribution in [0.15, 0.2) is 91.7 Å². The average Bonchev–Trinajstić information content (AvgIpc) is 2.82. The Hall–Kier alpha value is -3.26. The lowest BCUT2D eigenvalue weighted by Crippen LogP contribution is -2.38. The number of aromatic hydroxyl groups is 1. The largest absolute Gasteiger partial charge is 0.508 e. The Morgan fingerprint density at radius 1 is 0.906 bits per heavy atom. The Morgan fingerprint density at radius 3 is 2.19 bits per heavy atom. The van der Waals surface area contributed by atoms with E-state index in [1.807, 2.05) is 24.3 Å². The molecule has 1 aliphatic heterocycles. The van der Waals surface area contributed by atoms with E-state index in [-0.39, 0.29) is 11.8 Å². The predicted octanol–water partition coefficient (Wildman–Crippen LogP) is 8.75. The molecule has 1 unspecified atom stereocenters. The van der Waals surface area contributed by atoms with E-state index in [2.05, 4.69) is 74.4 Å². The van der Waals surface area contributed by atoms with E-state index in [9.17, 15) is 5.11 Å². The van der Waals surface area contributed by atoms with Gasteiger partial charge in [0.15, 0.2) is 0 Å². The number of hydrogen-bond acceptors (Lipinski definition) is 2. The van der Waals surface area contributed by atoms with Gasteiger partial charge >= 0.3 is 0 Å². The maximum Gasteiger partial charge on any atom is 0.116 e. The number of unbranched alkanes of at least 4 members (excludes halogenated alkanes) is 3. The highest BCUT2D eigenvalue weighted by molar-refractivity contribution is 5.71. The maximum atomic E-state index is 9.74. The van der Waals surface area contributed by atoms with E-state index in [1.54, 1.807) is 12.1 Å². The molecule has 3 aromatic carbocycles. The first-order valence-corrected chi connectivity index (χ1v) is 11.7. The van der Waals surface area contributed by atoms with Gasteiger partial charge in [-0.15, -0.1) is 0 Å². The van der Waals surface area contributed by atoms with E-state index >= 15 is 0 Å². The number of phenols is 1. The Morgan fingerprint density at radius 2 is 1.59 bits per heavy atom. The quantitative estimate of drug-likeness (QED) is 0.382. The van der Waals surface area contributed by atoms with Crippen molar-refractivity contribution in [3.63, 3.8) is 0 Å². The van der Waals surface area contributed by atoms with Crippen LogP contribution in [0.4, 0.5) is 5.69 Å². The molecule has 1 heterocycles. The Balaban J connectivity index is 0.000000427. The molecule has 32 heavy (non-hydrogen) atoms. The third-order valence-corrected chi connectivity index (χ3v) is 5.92. The van der Waals surface area contributed by atoms with Gasteiger partial charge in [0.2, 0.25) is 0 Å². The molecule has 2 nitrogen and oxygen atoms in total. The van der Waals surface area contributed by atoms with E-state index in [0.29, 0.717) is 0 Å². The van der Waals surface area contributed by atoms with Crippen LogP contribution in [0, 0.1) is 0 Å². The van der Waals surface area contributed by atoms with Gasteiger partial charge in [0.1, 0.15) is 5.75 Å². The van der Waals surface area contributed by atoms with Crippen LogP contribution in [0.3, 0.4) is 0 Å². The van der Waals surface area contributed by atoms with E-state index in [1.165, 1.54) is 36.9 Å². The second-order valence-corrected chi connectivity index (χ2v) is 8.30. The number of rotatable bonds is 7. The first-order chi connectivity index (χ1) is 15.6. The summed E-state index contributed by atoms with van der Waals surface area (Å²) in [6, 6.07) is 24.4. The van der Waals surface area contributed by atoms with Crippen molar-refractivity contribution >= 4 is 11.8 Å². The summed E-state index contributed by atoms with van der Waals surface area (Å²) in [6.07, 6.45) is 8.39. The smallest absolute Gasteiger partial charge is 0.116 e. The lowest BCUT2D eigenvalue weighted by Gasteiger charge is -2.45. The fraction of sp³-hybridized carbons (Fsp3) is 0.267. The van der Waals surface area contributed by atoms with Gasteiger partial charge in [0.25, 0.3) is 0 Å². The van der Waals surface area contributed by atoms with Crippen LogP contribution in [0.2, 0.25) is 0 Å². The molecule has 3 aromatic rings. The number of anilines is 1. The Kier molecular flexibility index (Phi) is 8.33. The van der Waals surface area contributed by atoms with Crippen LogP contribution in [0.1, 0.15) is 63.1 Å². The molecule has 166 valence electrons. The lowest BCUT2D eigenvalue weighted by atomic mass is 9.86. The lowest BCUT2D eigenvalue weighted by molar-refractivity contribution is 0.475. The number of hydrogen-bond donors (Lipinski definition) is 1. The number of para-hydroxylation sites is 1. The van der Waals surface area contributed by atoms with Gasteiger partial charge < -0.3 is 10.0 Å². The van der Waals surface area contributed by atoms with E-state index in [0.717, 1.165) is 28.8 Å². The van der Waals surface area contributed by atoms with Gasteiger partial charge in [0, 0.05) is 17.8 Å². The molecule has 0 saturated carbocycles. The van der Waals surface area contributed by atoms with Crippen molar-refractivity contribution < 1.29 is 5.11 Å². The van der Waals surface area contributed by atoms with Crippen LogP contribution in [-0.2, 0) is 0 Å². The average molecular weight is 426 g/mol. The minimum Gasteiger partial charge on any atom is -0.508 e. The second kappa shape index (κ2) is 11.4. The van der Waals surface area contributed by atoms with Crippen molar-refractivity contribution in [2.24, 2.45) is 0 Å². The summed E-state index contributed by atoms with van der Waals surface area (Å²) in [4.78, 5) is 2.29. The molecule has 0 spiro atoms. The number of nitrogens with zero attached hydrogens (tertiary/aromatic N) is 1. The van der Waals surface area contributed by atoms with Gasteiger partial charge in [-0.05, 0) is 52.6 Å². The van der Waals surface area contributed by atoms with Crippen molar-refractivity contribution in [2.75, 3.05) is 4.90 Å².